The number of nitrogens with one attached hydrogen (secondary N) is 1. The van der Waals surface area contributed by atoms with Gasteiger partial charge < -0.3 is 15.1 Å². The lowest BCUT2D eigenvalue weighted by molar-refractivity contribution is -0.118. The molecule has 1 amide bonds. The molecule has 0 atom stereocenters. The van der Waals surface area contributed by atoms with Crippen LogP contribution >= 0.6 is 15.9 Å². The second kappa shape index (κ2) is 6.95. The van der Waals surface area contributed by atoms with Crippen LogP contribution in [0.1, 0.15) is 5.56 Å². The van der Waals surface area contributed by atoms with Crippen LogP contribution in [0.3, 0.4) is 0 Å². The van der Waals surface area contributed by atoms with Gasteiger partial charge in [-0.25, -0.2) is 9.97 Å². The van der Waals surface area contributed by atoms with Crippen LogP contribution in [0.5, 0.6) is 0 Å². The Morgan fingerprint density at radius 1 is 1.17 bits per heavy atom. The maximum atomic E-state index is 10.8. The molecule has 7 heteroatoms. The van der Waals surface area contributed by atoms with Gasteiger partial charge in [-0.3, -0.25) is 4.79 Å². The molecule has 2 heterocycles. The largest absolute Gasteiger partial charge is 0.353 e. The summed E-state index contributed by atoms with van der Waals surface area (Å²) in [5.74, 6) is 1.62. The van der Waals surface area contributed by atoms with Crippen molar-refractivity contribution in [2.45, 2.75) is 6.92 Å². The van der Waals surface area contributed by atoms with Crippen molar-refractivity contribution in [2.24, 2.45) is 0 Å². The van der Waals surface area contributed by atoms with Crippen molar-refractivity contribution in [3.8, 4) is 0 Å². The first-order valence-corrected chi connectivity index (χ1v) is 8.24. The molecule has 1 aromatic carbocycles. The van der Waals surface area contributed by atoms with Crippen molar-refractivity contribution in [3.05, 3.63) is 40.6 Å². The molecular weight excluding hydrogens is 358 g/mol. The van der Waals surface area contributed by atoms with Crippen LogP contribution in [0.2, 0.25) is 0 Å². The van der Waals surface area contributed by atoms with Crippen LogP contribution in [0.25, 0.3) is 0 Å². The minimum absolute atomic E-state index is 0.722. The van der Waals surface area contributed by atoms with E-state index in [2.05, 4.69) is 49.1 Å². The van der Waals surface area contributed by atoms with E-state index in [1.165, 1.54) is 5.56 Å². The standard InChI is InChI=1S/C16H18BrN5O/c1-12-2-3-14(13(17)8-12)20-15-9-16(19-10-18-15)22-6-4-21(11-23)5-7-22/h2-3,8-11H,4-7H2,1H3,(H,18,19,20). The third-order valence-electron chi connectivity index (χ3n) is 3.83. The number of rotatable bonds is 4. The molecule has 23 heavy (non-hydrogen) atoms. The number of piperazine rings is 1. The Kier molecular flexibility index (Phi) is 4.76. The first-order valence-electron chi connectivity index (χ1n) is 7.45. The molecule has 6 nitrogen and oxygen atoms in total. The minimum Gasteiger partial charge on any atom is -0.353 e. The third kappa shape index (κ3) is 3.79. The van der Waals surface area contributed by atoms with Gasteiger partial charge in [0.15, 0.2) is 0 Å². The summed E-state index contributed by atoms with van der Waals surface area (Å²) in [6.07, 6.45) is 2.46. The molecule has 3 rings (SSSR count). The van der Waals surface area contributed by atoms with Gasteiger partial charge in [0.05, 0.1) is 5.69 Å². The molecule has 1 saturated heterocycles. The summed E-state index contributed by atoms with van der Waals surface area (Å²) < 4.78 is 0.997. The number of hydrogen-bond donors (Lipinski definition) is 1. The summed E-state index contributed by atoms with van der Waals surface area (Å²) >= 11 is 3.56. The fraction of sp³-hybridized carbons (Fsp3) is 0.312. The zero-order chi connectivity index (χ0) is 16.2. The molecule has 120 valence electrons. The van der Waals surface area contributed by atoms with E-state index in [0.29, 0.717) is 0 Å². The molecule has 1 aliphatic rings. The lowest BCUT2D eigenvalue weighted by Gasteiger charge is -2.33. The Morgan fingerprint density at radius 3 is 2.65 bits per heavy atom. The molecule has 1 aromatic heterocycles. The number of anilines is 3. The highest BCUT2D eigenvalue weighted by Crippen LogP contribution is 2.27. The van der Waals surface area contributed by atoms with Gasteiger partial charge in [0, 0.05) is 36.7 Å². The minimum atomic E-state index is 0.722. The summed E-state index contributed by atoms with van der Waals surface area (Å²) in [7, 11) is 0. The second-order valence-electron chi connectivity index (χ2n) is 5.50. The summed E-state index contributed by atoms with van der Waals surface area (Å²) in [4.78, 5) is 23.4. The van der Waals surface area contributed by atoms with Crippen molar-refractivity contribution in [1.29, 1.82) is 0 Å². The quantitative estimate of drug-likeness (QED) is 0.832. The van der Waals surface area contributed by atoms with E-state index in [1.807, 2.05) is 18.2 Å². The van der Waals surface area contributed by atoms with Gasteiger partial charge in [-0.15, -0.1) is 0 Å². The summed E-state index contributed by atoms with van der Waals surface area (Å²) in [6, 6.07) is 8.06. The summed E-state index contributed by atoms with van der Waals surface area (Å²) in [5, 5.41) is 3.31. The Balaban J connectivity index is 1.74. The number of hydrogen-bond acceptors (Lipinski definition) is 5. The fourth-order valence-corrected chi connectivity index (χ4v) is 3.10. The van der Waals surface area contributed by atoms with Gasteiger partial charge in [0.1, 0.15) is 18.0 Å². The molecule has 1 aliphatic heterocycles. The zero-order valence-electron chi connectivity index (χ0n) is 12.9. The Labute approximate surface area is 143 Å². The van der Waals surface area contributed by atoms with Gasteiger partial charge in [-0.05, 0) is 40.5 Å². The van der Waals surface area contributed by atoms with Crippen molar-refractivity contribution in [1.82, 2.24) is 14.9 Å². The van der Waals surface area contributed by atoms with Crippen LogP contribution < -0.4 is 10.2 Å². The molecule has 2 aromatic rings. The molecular formula is C16H18BrN5O. The predicted molar refractivity (Wildman–Crippen MR) is 94.0 cm³/mol. The maximum Gasteiger partial charge on any atom is 0.209 e. The molecule has 0 bridgehead atoms. The fourth-order valence-electron chi connectivity index (χ4n) is 2.50. The highest BCUT2D eigenvalue weighted by atomic mass is 79.9. The van der Waals surface area contributed by atoms with Gasteiger partial charge >= 0.3 is 0 Å². The number of halogens is 1. The lowest BCUT2D eigenvalue weighted by Crippen LogP contribution is -2.46. The summed E-state index contributed by atoms with van der Waals surface area (Å²) in [5.41, 5.74) is 2.16. The highest BCUT2D eigenvalue weighted by molar-refractivity contribution is 9.10. The molecule has 0 radical (unpaired) electrons. The van der Waals surface area contributed by atoms with Gasteiger partial charge in [0.2, 0.25) is 6.41 Å². The average Bonchev–Trinajstić information content (AvgIpc) is 2.58. The third-order valence-corrected chi connectivity index (χ3v) is 4.48. The highest BCUT2D eigenvalue weighted by Gasteiger charge is 2.17. The van der Waals surface area contributed by atoms with Crippen LogP contribution in [-0.2, 0) is 4.79 Å². The van der Waals surface area contributed by atoms with E-state index in [4.69, 9.17) is 0 Å². The van der Waals surface area contributed by atoms with E-state index >= 15 is 0 Å². The number of amides is 1. The molecule has 1 N–H and O–H groups in total. The van der Waals surface area contributed by atoms with E-state index in [-0.39, 0.29) is 0 Å². The zero-order valence-corrected chi connectivity index (χ0v) is 14.5. The van der Waals surface area contributed by atoms with E-state index in [0.717, 1.165) is 54.4 Å². The molecule has 1 fully saturated rings. The number of benzene rings is 1. The number of carbonyl (C=O) groups excluding carboxylic acids is 1. The van der Waals surface area contributed by atoms with Crippen molar-refractivity contribution < 1.29 is 4.79 Å². The second-order valence-corrected chi connectivity index (χ2v) is 6.35. The number of aromatic nitrogens is 2. The Hall–Kier alpha value is -2.15. The van der Waals surface area contributed by atoms with E-state index in [9.17, 15) is 4.79 Å². The lowest BCUT2D eigenvalue weighted by atomic mass is 10.2. The average molecular weight is 376 g/mol. The van der Waals surface area contributed by atoms with Gasteiger partial charge in [-0.1, -0.05) is 6.07 Å². The number of aryl methyl sites for hydroxylation is 1. The molecule has 0 unspecified atom stereocenters. The van der Waals surface area contributed by atoms with Crippen LogP contribution in [0.15, 0.2) is 35.1 Å². The van der Waals surface area contributed by atoms with Crippen LogP contribution in [0.4, 0.5) is 17.3 Å². The van der Waals surface area contributed by atoms with E-state index in [1.54, 1.807) is 11.2 Å². The Bertz CT molecular complexity index is 701. The van der Waals surface area contributed by atoms with Gasteiger partial charge in [0.25, 0.3) is 0 Å². The van der Waals surface area contributed by atoms with Crippen molar-refractivity contribution in [3.63, 3.8) is 0 Å². The van der Waals surface area contributed by atoms with Crippen molar-refractivity contribution >= 4 is 39.7 Å². The van der Waals surface area contributed by atoms with Crippen molar-refractivity contribution in [2.75, 3.05) is 36.4 Å². The van der Waals surface area contributed by atoms with Gasteiger partial charge in [-0.2, -0.15) is 0 Å². The number of nitrogens with zero attached hydrogens (tertiary/aromatic N) is 4. The van der Waals surface area contributed by atoms with Crippen LogP contribution in [-0.4, -0.2) is 47.5 Å². The van der Waals surface area contributed by atoms with E-state index < -0.39 is 0 Å². The normalized spacial score (nSPS) is 14.7. The Morgan fingerprint density at radius 2 is 1.96 bits per heavy atom. The smallest absolute Gasteiger partial charge is 0.209 e. The molecule has 0 aliphatic carbocycles. The first-order chi connectivity index (χ1) is 11.2. The SMILES string of the molecule is Cc1ccc(Nc2cc(N3CCN(C=O)CC3)ncn2)c(Br)c1. The molecule has 0 spiro atoms. The summed E-state index contributed by atoms with van der Waals surface area (Å²) in [6.45, 7) is 5.06. The monoisotopic (exact) mass is 375 g/mol. The van der Waals surface area contributed by atoms with Crippen LogP contribution in [0, 0.1) is 6.92 Å². The maximum absolute atomic E-state index is 10.8. The predicted octanol–water partition coefficient (Wildman–Crippen LogP) is 2.57. The first kappa shape index (κ1) is 15.7. The number of carbonyl (C=O) groups is 1. The molecule has 0 saturated carbocycles. The topological polar surface area (TPSA) is 61.4 Å².